The van der Waals surface area contributed by atoms with Gasteiger partial charge in [-0.05, 0) is 13.0 Å². The van der Waals surface area contributed by atoms with Crippen LogP contribution >= 0.6 is 0 Å². The molecule has 17 heavy (non-hydrogen) atoms. The Morgan fingerprint density at radius 2 is 2.06 bits per heavy atom. The summed E-state index contributed by atoms with van der Waals surface area (Å²) in [6.07, 6.45) is 1.84. The minimum Gasteiger partial charge on any atom is -0.338 e. The van der Waals surface area contributed by atoms with Crippen LogP contribution in [0.3, 0.4) is 0 Å². The Kier molecular flexibility index (Phi) is 2.94. The number of hydrogen-bond acceptors (Lipinski definition) is 5. The summed E-state index contributed by atoms with van der Waals surface area (Å²) >= 11 is 0. The van der Waals surface area contributed by atoms with Gasteiger partial charge in [-0.2, -0.15) is 0 Å². The number of nitrogens with zero attached hydrogens (tertiary/aromatic N) is 4. The summed E-state index contributed by atoms with van der Waals surface area (Å²) < 4.78 is 0. The SMILES string of the molecule is Cc1ccnc(N2CC(N3CCNCC3)C2)n1. The lowest BCUT2D eigenvalue weighted by Gasteiger charge is -2.46. The fourth-order valence-corrected chi connectivity index (χ4v) is 2.48. The molecule has 1 aromatic heterocycles. The highest BCUT2D eigenvalue weighted by molar-refractivity contribution is 5.35. The number of piperazine rings is 1. The lowest BCUT2D eigenvalue weighted by molar-refractivity contribution is 0.146. The van der Waals surface area contributed by atoms with Crippen LogP contribution in [-0.4, -0.2) is 60.2 Å². The molecule has 0 radical (unpaired) electrons. The molecule has 2 saturated heterocycles. The van der Waals surface area contributed by atoms with Crippen molar-refractivity contribution < 1.29 is 0 Å². The average molecular weight is 233 g/mol. The molecule has 3 rings (SSSR count). The van der Waals surface area contributed by atoms with Crippen molar-refractivity contribution in [3.8, 4) is 0 Å². The van der Waals surface area contributed by atoms with Crippen LogP contribution in [-0.2, 0) is 0 Å². The van der Waals surface area contributed by atoms with Gasteiger partial charge in [0.25, 0.3) is 0 Å². The number of anilines is 1. The molecule has 0 amide bonds. The van der Waals surface area contributed by atoms with Crippen LogP contribution in [0.1, 0.15) is 5.69 Å². The number of rotatable bonds is 2. The van der Waals surface area contributed by atoms with Crippen molar-refractivity contribution in [2.75, 3.05) is 44.2 Å². The lowest BCUT2D eigenvalue weighted by atomic mass is 10.1. The predicted molar refractivity (Wildman–Crippen MR) is 67.2 cm³/mol. The van der Waals surface area contributed by atoms with E-state index in [9.17, 15) is 0 Å². The Hall–Kier alpha value is -1.20. The summed E-state index contributed by atoms with van der Waals surface area (Å²) in [5.41, 5.74) is 1.04. The van der Waals surface area contributed by atoms with Gasteiger partial charge in [0, 0.05) is 57.2 Å². The van der Waals surface area contributed by atoms with Crippen molar-refractivity contribution >= 4 is 5.95 Å². The zero-order valence-corrected chi connectivity index (χ0v) is 10.3. The van der Waals surface area contributed by atoms with Gasteiger partial charge in [0.15, 0.2) is 0 Å². The van der Waals surface area contributed by atoms with E-state index in [-0.39, 0.29) is 0 Å². The van der Waals surface area contributed by atoms with Gasteiger partial charge >= 0.3 is 0 Å². The highest BCUT2D eigenvalue weighted by Gasteiger charge is 2.33. The van der Waals surface area contributed by atoms with Gasteiger partial charge in [-0.1, -0.05) is 0 Å². The molecule has 1 aromatic rings. The van der Waals surface area contributed by atoms with E-state index in [4.69, 9.17) is 0 Å². The quantitative estimate of drug-likeness (QED) is 0.771. The van der Waals surface area contributed by atoms with Crippen LogP contribution < -0.4 is 10.2 Å². The first-order valence-corrected chi connectivity index (χ1v) is 6.32. The van der Waals surface area contributed by atoms with Crippen LogP contribution in [0.15, 0.2) is 12.3 Å². The summed E-state index contributed by atoms with van der Waals surface area (Å²) in [5.74, 6) is 0.886. The highest BCUT2D eigenvalue weighted by atomic mass is 15.4. The van der Waals surface area contributed by atoms with Crippen molar-refractivity contribution in [3.63, 3.8) is 0 Å². The van der Waals surface area contributed by atoms with Crippen molar-refractivity contribution in [1.82, 2.24) is 20.2 Å². The Morgan fingerprint density at radius 3 is 2.76 bits per heavy atom. The normalized spacial score (nSPS) is 22.5. The molecule has 3 heterocycles. The van der Waals surface area contributed by atoms with Gasteiger partial charge in [0.1, 0.15) is 0 Å². The molecule has 2 fully saturated rings. The van der Waals surface area contributed by atoms with Gasteiger partial charge in [-0.3, -0.25) is 4.90 Å². The third-order valence-corrected chi connectivity index (χ3v) is 3.60. The van der Waals surface area contributed by atoms with Crippen molar-refractivity contribution in [1.29, 1.82) is 0 Å². The molecule has 0 saturated carbocycles. The third kappa shape index (κ3) is 2.25. The molecular weight excluding hydrogens is 214 g/mol. The molecule has 2 aliphatic rings. The molecule has 0 aromatic carbocycles. The van der Waals surface area contributed by atoms with Crippen LogP contribution in [0.5, 0.6) is 0 Å². The fourth-order valence-electron chi connectivity index (χ4n) is 2.48. The summed E-state index contributed by atoms with van der Waals surface area (Å²) in [6.45, 7) is 8.75. The van der Waals surface area contributed by atoms with Gasteiger partial charge in [0.2, 0.25) is 5.95 Å². The zero-order valence-electron chi connectivity index (χ0n) is 10.3. The third-order valence-electron chi connectivity index (χ3n) is 3.60. The molecule has 0 atom stereocenters. The number of nitrogens with one attached hydrogen (secondary N) is 1. The van der Waals surface area contributed by atoms with E-state index in [1.54, 1.807) is 0 Å². The van der Waals surface area contributed by atoms with E-state index in [1.807, 2.05) is 19.2 Å². The molecule has 0 unspecified atom stereocenters. The first-order chi connectivity index (χ1) is 8.33. The van der Waals surface area contributed by atoms with Gasteiger partial charge in [-0.15, -0.1) is 0 Å². The van der Waals surface area contributed by atoms with Gasteiger partial charge in [0.05, 0.1) is 0 Å². The second-order valence-electron chi connectivity index (χ2n) is 4.84. The van der Waals surface area contributed by atoms with E-state index in [0.29, 0.717) is 6.04 Å². The summed E-state index contributed by atoms with van der Waals surface area (Å²) in [5, 5.41) is 3.39. The molecule has 0 bridgehead atoms. The molecule has 92 valence electrons. The fraction of sp³-hybridized carbons (Fsp3) is 0.667. The molecule has 2 aliphatic heterocycles. The minimum atomic E-state index is 0.696. The Balaban J connectivity index is 1.57. The second-order valence-corrected chi connectivity index (χ2v) is 4.84. The van der Waals surface area contributed by atoms with Crippen LogP contribution in [0, 0.1) is 6.92 Å². The van der Waals surface area contributed by atoms with E-state index < -0.39 is 0 Å². The second kappa shape index (κ2) is 4.58. The summed E-state index contributed by atoms with van der Waals surface area (Å²) in [6, 6.07) is 2.64. The van der Waals surface area contributed by atoms with E-state index in [2.05, 4.69) is 25.1 Å². The first-order valence-electron chi connectivity index (χ1n) is 6.32. The maximum atomic E-state index is 4.46. The van der Waals surface area contributed by atoms with Crippen LogP contribution in [0.25, 0.3) is 0 Å². The smallest absolute Gasteiger partial charge is 0.225 e. The molecule has 5 heteroatoms. The molecular formula is C12H19N5. The van der Waals surface area contributed by atoms with E-state index in [1.165, 1.54) is 13.1 Å². The van der Waals surface area contributed by atoms with Crippen LogP contribution in [0.4, 0.5) is 5.95 Å². The Morgan fingerprint density at radius 1 is 1.29 bits per heavy atom. The molecule has 0 spiro atoms. The van der Waals surface area contributed by atoms with Gasteiger partial charge < -0.3 is 10.2 Å². The standard InChI is InChI=1S/C12H19N5/c1-10-2-3-14-12(15-10)17-8-11(9-17)16-6-4-13-5-7-16/h2-3,11,13H,4-9H2,1H3. The van der Waals surface area contributed by atoms with Crippen LogP contribution in [0.2, 0.25) is 0 Å². The maximum absolute atomic E-state index is 4.46. The van der Waals surface area contributed by atoms with E-state index in [0.717, 1.165) is 37.8 Å². The molecule has 1 N–H and O–H groups in total. The monoisotopic (exact) mass is 233 g/mol. The summed E-state index contributed by atoms with van der Waals surface area (Å²) in [4.78, 5) is 13.6. The minimum absolute atomic E-state index is 0.696. The highest BCUT2D eigenvalue weighted by Crippen LogP contribution is 2.20. The first kappa shape index (κ1) is 10.9. The topological polar surface area (TPSA) is 44.3 Å². The number of aryl methyl sites for hydroxylation is 1. The van der Waals surface area contributed by atoms with Crippen molar-refractivity contribution in [2.45, 2.75) is 13.0 Å². The molecule has 5 nitrogen and oxygen atoms in total. The summed E-state index contributed by atoms with van der Waals surface area (Å²) in [7, 11) is 0. The molecule has 0 aliphatic carbocycles. The lowest BCUT2D eigenvalue weighted by Crippen LogP contribution is -2.63. The Labute approximate surface area is 102 Å². The number of hydrogen-bond donors (Lipinski definition) is 1. The average Bonchev–Trinajstić information content (AvgIpc) is 2.28. The Bertz CT molecular complexity index is 382. The van der Waals surface area contributed by atoms with E-state index >= 15 is 0 Å². The number of aromatic nitrogens is 2. The largest absolute Gasteiger partial charge is 0.338 e. The van der Waals surface area contributed by atoms with Crippen molar-refractivity contribution in [3.05, 3.63) is 18.0 Å². The van der Waals surface area contributed by atoms with Gasteiger partial charge in [-0.25, -0.2) is 9.97 Å². The predicted octanol–water partition coefficient (Wildman–Crippen LogP) is -0.121. The zero-order chi connectivity index (χ0) is 11.7. The maximum Gasteiger partial charge on any atom is 0.225 e. The van der Waals surface area contributed by atoms with Crippen molar-refractivity contribution in [2.24, 2.45) is 0 Å².